The molecule has 2 amide bonds. The molecule has 2 aliphatic rings. The maximum absolute atomic E-state index is 12.7. The van der Waals surface area contributed by atoms with Crippen LogP contribution in [0.1, 0.15) is 54.2 Å². The molecule has 1 saturated heterocycles. The molecule has 4 rings (SSSR count). The van der Waals surface area contributed by atoms with Crippen molar-refractivity contribution in [1.29, 1.82) is 0 Å². The van der Waals surface area contributed by atoms with E-state index in [1.165, 1.54) is 11.3 Å². The molecule has 7 nitrogen and oxygen atoms in total. The highest BCUT2D eigenvalue weighted by atomic mass is 32.1. The Morgan fingerprint density at radius 1 is 1.23 bits per heavy atom. The fourth-order valence-corrected chi connectivity index (χ4v) is 5.83. The third-order valence-corrected chi connectivity index (χ3v) is 7.50. The Morgan fingerprint density at radius 3 is 2.80 bits per heavy atom. The molecule has 35 heavy (non-hydrogen) atoms. The minimum absolute atomic E-state index is 0.0879. The minimum atomic E-state index is -0.375. The van der Waals surface area contributed by atoms with Crippen LogP contribution < -0.4 is 15.4 Å². The van der Waals surface area contributed by atoms with Crippen molar-refractivity contribution >= 4 is 28.3 Å². The Labute approximate surface area is 210 Å². The second kappa shape index (κ2) is 12.1. The number of alkyl carbamates (subject to hydrolysis) is 1. The van der Waals surface area contributed by atoms with Gasteiger partial charge >= 0.3 is 6.09 Å². The van der Waals surface area contributed by atoms with Crippen molar-refractivity contribution in [3.63, 3.8) is 0 Å². The first-order chi connectivity index (χ1) is 17.1. The molecule has 2 aromatic rings. The molecular formula is C27H32N2O5S. The molecule has 1 atom stereocenters. The summed E-state index contributed by atoms with van der Waals surface area (Å²) in [5.74, 6) is 3.49. The number of thiophene rings is 1. The zero-order valence-corrected chi connectivity index (χ0v) is 20.9. The van der Waals surface area contributed by atoms with Crippen molar-refractivity contribution in [1.82, 2.24) is 5.32 Å². The SMILES string of the molecule is C#Cc1c(NC(=O)CCc2ccccc2OCC)sc2c1CCC(OC(=O)NC1CCOCC1)C2. The first-order valence-corrected chi connectivity index (χ1v) is 13.1. The van der Waals surface area contributed by atoms with E-state index in [-0.39, 0.29) is 24.1 Å². The van der Waals surface area contributed by atoms with Crippen LogP contribution in [0.15, 0.2) is 24.3 Å². The largest absolute Gasteiger partial charge is 0.494 e. The van der Waals surface area contributed by atoms with E-state index < -0.39 is 0 Å². The maximum atomic E-state index is 12.7. The summed E-state index contributed by atoms with van der Waals surface area (Å²) in [7, 11) is 0. The predicted molar refractivity (Wildman–Crippen MR) is 136 cm³/mol. The molecule has 1 aromatic carbocycles. The van der Waals surface area contributed by atoms with E-state index in [9.17, 15) is 9.59 Å². The number of anilines is 1. The Bertz CT molecular complexity index is 1080. The first kappa shape index (κ1) is 25.1. The monoisotopic (exact) mass is 496 g/mol. The number of aryl methyl sites for hydroxylation is 1. The smallest absolute Gasteiger partial charge is 0.407 e. The number of amides is 2. The molecule has 1 aliphatic heterocycles. The van der Waals surface area contributed by atoms with Crippen LogP contribution in [0, 0.1) is 12.3 Å². The highest BCUT2D eigenvalue weighted by Crippen LogP contribution is 2.38. The van der Waals surface area contributed by atoms with Gasteiger partial charge < -0.3 is 24.8 Å². The van der Waals surface area contributed by atoms with Gasteiger partial charge in [0.05, 0.1) is 12.2 Å². The van der Waals surface area contributed by atoms with E-state index in [4.69, 9.17) is 20.6 Å². The molecule has 1 unspecified atom stereocenters. The van der Waals surface area contributed by atoms with Crippen LogP contribution in [-0.2, 0) is 33.5 Å². The van der Waals surface area contributed by atoms with Crippen molar-refractivity contribution in [2.45, 2.75) is 64.0 Å². The number of hydrogen-bond donors (Lipinski definition) is 2. The Hall–Kier alpha value is -3.02. The molecule has 0 bridgehead atoms. The van der Waals surface area contributed by atoms with Gasteiger partial charge in [-0.2, -0.15) is 0 Å². The van der Waals surface area contributed by atoms with Crippen molar-refractivity contribution in [2.24, 2.45) is 0 Å². The normalized spacial score (nSPS) is 17.7. The summed E-state index contributed by atoms with van der Waals surface area (Å²) in [5.41, 5.74) is 2.84. The molecule has 1 fully saturated rings. The summed E-state index contributed by atoms with van der Waals surface area (Å²) >= 11 is 1.49. The molecule has 186 valence electrons. The van der Waals surface area contributed by atoms with Gasteiger partial charge in [-0.25, -0.2) is 4.79 Å². The topological polar surface area (TPSA) is 85.9 Å². The van der Waals surface area contributed by atoms with Crippen LogP contribution in [0.3, 0.4) is 0 Å². The fourth-order valence-electron chi connectivity index (χ4n) is 4.54. The Balaban J connectivity index is 1.33. The number of fused-ring (bicyclic) bond motifs is 1. The summed E-state index contributed by atoms with van der Waals surface area (Å²) in [4.78, 5) is 26.2. The van der Waals surface area contributed by atoms with Gasteiger partial charge in [0.15, 0.2) is 0 Å². The summed E-state index contributed by atoms with van der Waals surface area (Å²) in [5, 5.41) is 6.66. The standard InChI is InChI=1S/C27H32N2O5S/c1-3-21-22-11-10-20(34-27(31)28-19-13-15-32-16-14-19)17-24(22)35-26(21)29-25(30)12-9-18-7-5-6-8-23(18)33-4-2/h1,5-8,19-20H,4,9-17H2,2H3,(H,28,31)(H,29,30). The molecule has 0 radical (unpaired) electrons. The number of carbonyl (C=O) groups excluding carboxylic acids is 2. The zero-order chi connectivity index (χ0) is 24.6. The molecule has 0 saturated carbocycles. The second-order valence-electron chi connectivity index (χ2n) is 8.74. The summed E-state index contributed by atoms with van der Waals surface area (Å²) in [6, 6.07) is 7.88. The number of hydrogen-bond acceptors (Lipinski definition) is 6. The number of nitrogens with one attached hydrogen (secondary N) is 2. The quantitative estimate of drug-likeness (QED) is 0.527. The van der Waals surface area contributed by atoms with Crippen LogP contribution in [0.5, 0.6) is 5.75 Å². The van der Waals surface area contributed by atoms with E-state index in [0.717, 1.165) is 46.6 Å². The number of terminal acetylenes is 1. The lowest BCUT2D eigenvalue weighted by molar-refractivity contribution is -0.116. The van der Waals surface area contributed by atoms with Gasteiger partial charge in [0.25, 0.3) is 0 Å². The Kier molecular flexibility index (Phi) is 8.67. The van der Waals surface area contributed by atoms with Gasteiger partial charge in [-0.05, 0) is 56.2 Å². The van der Waals surface area contributed by atoms with E-state index in [1.54, 1.807) is 0 Å². The summed E-state index contributed by atoms with van der Waals surface area (Å²) in [6.07, 6.45) is 9.79. The number of rotatable bonds is 8. The van der Waals surface area contributed by atoms with Gasteiger partial charge in [0, 0.05) is 37.0 Å². The van der Waals surface area contributed by atoms with E-state index in [0.29, 0.717) is 50.5 Å². The molecular weight excluding hydrogens is 464 g/mol. The highest BCUT2D eigenvalue weighted by Gasteiger charge is 2.28. The van der Waals surface area contributed by atoms with Crippen LogP contribution in [0.25, 0.3) is 0 Å². The third-order valence-electron chi connectivity index (χ3n) is 6.33. The highest BCUT2D eigenvalue weighted by molar-refractivity contribution is 7.16. The predicted octanol–water partition coefficient (Wildman–Crippen LogP) is 4.46. The zero-order valence-electron chi connectivity index (χ0n) is 20.1. The van der Waals surface area contributed by atoms with Gasteiger partial charge in [-0.1, -0.05) is 24.1 Å². The van der Waals surface area contributed by atoms with Crippen molar-refractivity contribution in [2.75, 3.05) is 25.1 Å². The van der Waals surface area contributed by atoms with Gasteiger partial charge in [0.1, 0.15) is 16.9 Å². The second-order valence-corrected chi connectivity index (χ2v) is 9.85. The van der Waals surface area contributed by atoms with Crippen molar-refractivity contribution in [3.8, 4) is 18.1 Å². The molecule has 8 heteroatoms. The molecule has 1 aliphatic carbocycles. The number of para-hydroxylation sites is 1. The lowest BCUT2D eigenvalue weighted by Crippen LogP contribution is -2.41. The van der Waals surface area contributed by atoms with Crippen LogP contribution in [0.4, 0.5) is 9.80 Å². The molecule has 1 aromatic heterocycles. The summed E-state index contributed by atoms with van der Waals surface area (Å²) in [6.45, 7) is 3.85. The fraction of sp³-hybridized carbons (Fsp3) is 0.481. The van der Waals surface area contributed by atoms with Gasteiger partial charge in [-0.15, -0.1) is 17.8 Å². The lowest BCUT2D eigenvalue weighted by Gasteiger charge is -2.26. The Morgan fingerprint density at radius 2 is 2.03 bits per heavy atom. The van der Waals surface area contributed by atoms with E-state index in [1.807, 2.05) is 31.2 Å². The van der Waals surface area contributed by atoms with Gasteiger partial charge in [0.2, 0.25) is 5.91 Å². The maximum Gasteiger partial charge on any atom is 0.407 e. The van der Waals surface area contributed by atoms with E-state index in [2.05, 4.69) is 16.6 Å². The molecule has 2 heterocycles. The van der Waals surface area contributed by atoms with E-state index >= 15 is 0 Å². The van der Waals surface area contributed by atoms with Crippen molar-refractivity contribution in [3.05, 3.63) is 45.8 Å². The average molecular weight is 497 g/mol. The van der Waals surface area contributed by atoms with Crippen LogP contribution in [-0.4, -0.2) is 44.0 Å². The molecule has 2 N–H and O–H groups in total. The van der Waals surface area contributed by atoms with Crippen LogP contribution in [0.2, 0.25) is 0 Å². The summed E-state index contributed by atoms with van der Waals surface area (Å²) < 4.78 is 16.7. The van der Waals surface area contributed by atoms with Gasteiger partial charge in [-0.3, -0.25) is 4.79 Å². The van der Waals surface area contributed by atoms with Crippen molar-refractivity contribution < 1.29 is 23.8 Å². The minimum Gasteiger partial charge on any atom is -0.494 e. The number of ether oxygens (including phenoxy) is 3. The van der Waals surface area contributed by atoms with Crippen LogP contribution >= 0.6 is 11.3 Å². The average Bonchev–Trinajstić information content (AvgIpc) is 3.20. The molecule has 0 spiro atoms. The first-order valence-electron chi connectivity index (χ1n) is 12.2. The third kappa shape index (κ3) is 6.56. The number of carbonyl (C=O) groups is 2. The number of benzene rings is 1. The lowest BCUT2D eigenvalue weighted by atomic mass is 9.93.